The van der Waals surface area contributed by atoms with Gasteiger partial charge in [-0.25, -0.2) is 0 Å². The van der Waals surface area contributed by atoms with Crippen molar-refractivity contribution in [3.8, 4) is 45.3 Å². The van der Waals surface area contributed by atoms with E-state index in [1.807, 2.05) is 36.4 Å². The first-order valence-corrected chi connectivity index (χ1v) is 15.9. The number of ether oxygens (including phenoxy) is 4. The van der Waals surface area contributed by atoms with Crippen LogP contribution in [0.25, 0.3) is 65.3 Å². The van der Waals surface area contributed by atoms with Gasteiger partial charge in [0, 0.05) is 0 Å². The molecule has 0 fully saturated rings. The van der Waals surface area contributed by atoms with Gasteiger partial charge in [0.2, 0.25) is 0 Å². The second kappa shape index (κ2) is 13.4. The maximum absolute atomic E-state index is 5.44. The Kier molecular flexibility index (Phi) is 8.55. The van der Waals surface area contributed by atoms with Crippen LogP contribution in [0.1, 0.15) is 0 Å². The summed E-state index contributed by atoms with van der Waals surface area (Å²) < 4.78 is 21.5. The van der Waals surface area contributed by atoms with E-state index in [0.29, 0.717) is 0 Å². The van der Waals surface area contributed by atoms with Crippen LogP contribution >= 0.6 is 0 Å². The van der Waals surface area contributed by atoms with Crippen LogP contribution in [0, 0.1) is 0 Å². The lowest BCUT2D eigenvalue weighted by Crippen LogP contribution is -1.88. The minimum absolute atomic E-state index is 0.862. The first-order valence-electron chi connectivity index (χ1n) is 15.9. The van der Waals surface area contributed by atoms with Gasteiger partial charge in [-0.1, -0.05) is 84.9 Å². The Labute approximate surface area is 280 Å². The second-order valence-corrected chi connectivity index (χ2v) is 11.6. The Morgan fingerprint density at radius 2 is 0.625 bits per heavy atom. The molecule has 8 rings (SSSR count). The summed E-state index contributed by atoms with van der Waals surface area (Å²) in [5.74, 6) is 3.46. The molecule has 0 unspecified atom stereocenters. The predicted molar refractivity (Wildman–Crippen MR) is 200 cm³/mol. The molecule has 0 aliphatic carbocycles. The number of benzene rings is 8. The van der Waals surface area contributed by atoms with Crippen molar-refractivity contribution in [3.63, 3.8) is 0 Å². The Balaban J connectivity index is 0.000000152. The molecule has 48 heavy (non-hydrogen) atoms. The van der Waals surface area contributed by atoms with Crippen LogP contribution in [0.2, 0.25) is 0 Å². The highest BCUT2D eigenvalue weighted by Gasteiger charge is 2.12. The highest BCUT2D eigenvalue weighted by Crippen LogP contribution is 2.40. The molecule has 236 valence electrons. The zero-order chi connectivity index (χ0) is 33.0. The van der Waals surface area contributed by atoms with E-state index >= 15 is 0 Å². The van der Waals surface area contributed by atoms with E-state index in [2.05, 4.69) is 109 Å². The molecule has 0 aliphatic heterocycles. The zero-order valence-corrected chi connectivity index (χ0v) is 27.5. The van der Waals surface area contributed by atoms with E-state index in [9.17, 15) is 0 Å². The predicted octanol–water partition coefficient (Wildman–Crippen LogP) is 11.4. The summed E-state index contributed by atoms with van der Waals surface area (Å²) in [5.41, 5.74) is 4.80. The van der Waals surface area contributed by atoms with E-state index in [1.165, 1.54) is 65.3 Å². The summed E-state index contributed by atoms with van der Waals surface area (Å²) in [6, 6.07) is 50.4. The zero-order valence-electron chi connectivity index (χ0n) is 27.5. The summed E-state index contributed by atoms with van der Waals surface area (Å²) in [7, 11) is 6.78. The fourth-order valence-electron chi connectivity index (χ4n) is 6.47. The van der Waals surface area contributed by atoms with Gasteiger partial charge in [-0.2, -0.15) is 0 Å². The molecule has 0 saturated heterocycles. The molecule has 0 spiro atoms. The summed E-state index contributed by atoms with van der Waals surface area (Å²) in [5, 5.41) is 9.76. The van der Waals surface area contributed by atoms with Crippen LogP contribution in [0.4, 0.5) is 0 Å². The molecule has 4 heteroatoms. The van der Waals surface area contributed by atoms with E-state index in [-0.39, 0.29) is 0 Å². The van der Waals surface area contributed by atoms with E-state index in [1.54, 1.807) is 28.4 Å². The van der Waals surface area contributed by atoms with E-state index in [4.69, 9.17) is 18.9 Å². The SMILES string of the molecule is COc1ccc(-c2c3ccccc3cc3ccc(OC)cc23)cc1.COc1ccc(-c2c3ccccc3cc3ccc(OC)cc23)cc1. The van der Waals surface area contributed by atoms with Crippen molar-refractivity contribution in [1.82, 2.24) is 0 Å². The van der Waals surface area contributed by atoms with Gasteiger partial charge in [-0.05, 0) is 126 Å². The molecule has 8 aromatic rings. The Hall–Kier alpha value is -6.00. The second-order valence-electron chi connectivity index (χ2n) is 11.6. The van der Waals surface area contributed by atoms with Crippen molar-refractivity contribution in [2.75, 3.05) is 28.4 Å². The number of methoxy groups -OCH3 is 4. The first-order chi connectivity index (χ1) is 23.6. The molecular weight excluding hydrogens is 592 g/mol. The maximum Gasteiger partial charge on any atom is 0.119 e. The Morgan fingerprint density at radius 3 is 1.00 bits per heavy atom. The van der Waals surface area contributed by atoms with Crippen molar-refractivity contribution < 1.29 is 18.9 Å². The molecular formula is C44H36O4. The van der Waals surface area contributed by atoms with Crippen molar-refractivity contribution >= 4 is 43.1 Å². The monoisotopic (exact) mass is 628 g/mol. The lowest BCUT2D eigenvalue weighted by Gasteiger charge is -2.13. The van der Waals surface area contributed by atoms with Crippen LogP contribution in [0.3, 0.4) is 0 Å². The molecule has 0 saturated carbocycles. The fourth-order valence-corrected chi connectivity index (χ4v) is 6.47. The number of rotatable bonds is 6. The molecule has 0 atom stereocenters. The van der Waals surface area contributed by atoms with Gasteiger partial charge in [0.25, 0.3) is 0 Å². The summed E-state index contributed by atoms with van der Waals surface area (Å²) in [4.78, 5) is 0. The average molecular weight is 629 g/mol. The van der Waals surface area contributed by atoms with Gasteiger partial charge in [-0.15, -0.1) is 0 Å². The van der Waals surface area contributed by atoms with Gasteiger partial charge >= 0.3 is 0 Å². The number of fused-ring (bicyclic) bond motifs is 4. The normalized spacial score (nSPS) is 10.9. The molecule has 0 amide bonds. The summed E-state index contributed by atoms with van der Waals surface area (Å²) in [6.45, 7) is 0. The maximum atomic E-state index is 5.44. The van der Waals surface area contributed by atoms with Gasteiger partial charge in [0.15, 0.2) is 0 Å². The molecule has 0 N–H and O–H groups in total. The molecule has 4 nitrogen and oxygen atoms in total. The molecule has 0 aliphatic rings. The third-order valence-corrected chi connectivity index (χ3v) is 8.90. The smallest absolute Gasteiger partial charge is 0.119 e. The minimum Gasteiger partial charge on any atom is -0.497 e. The summed E-state index contributed by atoms with van der Waals surface area (Å²) in [6.07, 6.45) is 0. The van der Waals surface area contributed by atoms with Crippen LogP contribution in [-0.2, 0) is 0 Å². The van der Waals surface area contributed by atoms with Gasteiger partial charge < -0.3 is 18.9 Å². The molecule has 0 heterocycles. The highest BCUT2D eigenvalue weighted by atomic mass is 16.5. The van der Waals surface area contributed by atoms with Crippen LogP contribution < -0.4 is 18.9 Å². The molecule has 0 bridgehead atoms. The van der Waals surface area contributed by atoms with E-state index < -0.39 is 0 Å². The number of hydrogen-bond donors (Lipinski definition) is 0. The van der Waals surface area contributed by atoms with Crippen LogP contribution in [-0.4, -0.2) is 28.4 Å². The minimum atomic E-state index is 0.862. The third kappa shape index (κ3) is 5.85. The van der Waals surface area contributed by atoms with Crippen LogP contribution in [0.5, 0.6) is 23.0 Å². The molecule has 0 radical (unpaired) electrons. The topological polar surface area (TPSA) is 36.9 Å². The quantitative estimate of drug-likeness (QED) is 0.172. The van der Waals surface area contributed by atoms with E-state index in [0.717, 1.165) is 23.0 Å². The van der Waals surface area contributed by atoms with Crippen LogP contribution in [0.15, 0.2) is 146 Å². The average Bonchev–Trinajstić information content (AvgIpc) is 3.16. The lowest BCUT2D eigenvalue weighted by atomic mass is 9.92. The third-order valence-electron chi connectivity index (χ3n) is 8.90. The van der Waals surface area contributed by atoms with Gasteiger partial charge in [0.1, 0.15) is 23.0 Å². The standard InChI is InChI=1S/2C22H18O2/c2*1-23-18-10-7-15(8-11-18)22-20-6-4-3-5-16(20)13-17-9-12-19(24-2)14-21(17)22/h2*3-14H,1-2H3. The Bertz CT molecular complexity index is 2200. The van der Waals surface area contributed by atoms with Gasteiger partial charge in [0.05, 0.1) is 28.4 Å². The first kappa shape index (κ1) is 30.6. The number of hydrogen-bond acceptors (Lipinski definition) is 4. The van der Waals surface area contributed by atoms with Crippen molar-refractivity contribution in [1.29, 1.82) is 0 Å². The molecule has 0 aromatic heterocycles. The van der Waals surface area contributed by atoms with Gasteiger partial charge in [-0.3, -0.25) is 0 Å². The molecule has 8 aromatic carbocycles. The van der Waals surface area contributed by atoms with Crippen molar-refractivity contribution in [2.24, 2.45) is 0 Å². The highest BCUT2D eigenvalue weighted by molar-refractivity contribution is 6.14. The van der Waals surface area contributed by atoms with Crippen molar-refractivity contribution in [2.45, 2.75) is 0 Å². The largest absolute Gasteiger partial charge is 0.497 e. The van der Waals surface area contributed by atoms with Crippen molar-refractivity contribution in [3.05, 3.63) is 146 Å². The summed E-state index contributed by atoms with van der Waals surface area (Å²) >= 11 is 0. The lowest BCUT2D eigenvalue weighted by molar-refractivity contribution is 0.415. The fraction of sp³-hybridized carbons (Fsp3) is 0.0909. The Morgan fingerprint density at radius 1 is 0.292 bits per heavy atom.